The van der Waals surface area contributed by atoms with E-state index in [0.717, 1.165) is 45.2 Å². The zero-order valence-corrected chi connectivity index (χ0v) is 18.2. The second-order valence-electron chi connectivity index (χ2n) is 6.92. The summed E-state index contributed by atoms with van der Waals surface area (Å²) < 4.78 is 0. The van der Waals surface area contributed by atoms with Crippen LogP contribution < -0.4 is 10.6 Å². The summed E-state index contributed by atoms with van der Waals surface area (Å²) in [5.74, 6) is 2.93. The number of thioether (sulfide) groups is 1. The van der Waals surface area contributed by atoms with Crippen LogP contribution in [-0.4, -0.2) is 60.6 Å². The fourth-order valence-corrected chi connectivity index (χ4v) is 4.27. The molecule has 0 saturated carbocycles. The lowest BCUT2D eigenvalue weighted by atomic mass is 9.97. The number of likely N-dealkylation sites (tertiary alicyclic amines) is 1. The lowest BCUT2D eigenvalue weighted by molar-refractivity contribution is 0.179. The standard InChI is InChI=1S/C19H35N5S2/c1-4-20-19(21-9-5-6-12-25-3)22-13-17-7-10-24(11-8-17)14-18-15-26-16(2)23-18/h15,17H,4-14H2,1-3H3,(H2,20,21,22). The van der Waals surface area contributed by atoms with Gasteiger partial charge in [0, 0.05) is 31.6 Å². The molecule has 1 aliphatic rings. The van der Waals surface area contributed by atoms with E-state index < -0.39 is 0 Å². The Morgan fingerprint density at radius 2 is 2.15 bits per heavy atom. The van der Waals surface area contributed by atoms with Crippen LogP contribution in [0.1, 0.15) is 43.3 Å². The van der Waals surface area contributed by atoms with Gasteiger partial charge in [0.2, 0.25) is 0 Å². The van der Waals surface area contributed by atoms with Crippen LogP contribution in [0.5, 0.6) is 0 Å². The Bertz CT molecular complexity index is 524. The molecule has 0 aliphatic carbocycles. The minimum absolute atomic E-state index is 0.704. The number of hydrogen-bond donors (Lipinski definition) is 2. The first-order valence-corrected chi connectivity index (χ1v) is 12.1. The average Bonchev–Trinajstić information content (AvgIpc) is 3.05. The van der Waals surface area contributed by atoms with Gasteiger partial charge in [-0.05, 0) is 70.5 Å². The summed E-state index contributed by atoms with van der Waals surface area (Å²) in [6, 6.07) is 0. The normalized spacial score (nSPS) is 16.8. The molecule has 0 amide bonds. The molecule has 0 bridgehead atoms. The third-order valence-corrected chi connectivity index (χ3v) is 6.20. The number of aromatic nitrogens is 1. The highest BCUT2D eigenvalue weighted by Crippen LogP contribution is 2.20. The predicted molar refractivity (Wildman–Crippen MR) is 116 cm³/mol. The second kappa shape index (κ2) is 12.6. The van der Waals surface area contributed by atoms with Crippen molar-refractivity contribution in [3.8, 4) is 0 Å². The summed E-state index contributed by atoms with van der Waals surface area (Å²) in [5, 5.41) is 10.2. The number of piperidine rings is 1. The molecule has 0 spiro atoms. The molecule has 0 aromatic carbocycles. The molecule has 148 valence electrons. The topological polar surface area (TPSA) is 52.6 Å². The molecule has 2 N–H and O–H groups in total. The van der Waals surface area contributed by atoms with Gasteiger partial charge in [-0.25, -0.2) is 4.98 Å². The minimum atomic E-state index is 0.704. The molecule has 1 aromatic rings. The van der Waals surface area contributed by atoms with E-state index >= 15 is 0 Å². The molecular weight excluding hydrogens is 362 g/mol. The number of nitrogens with zero attached hydrogens (tertiary/aromatic N) is 3. The first kappa shape index (κ1) is 21.5. The first-order chi connectivity index (χ1) is 12.7. The Balaban J connectivity index is 1.67. The number of rotatable bonds is 10. The third kappa shape index (κ3) is 8.27. The number of nitrogens with one attached hydrogen (secondary N) is 2. The maximum atomic E-state index is 4.83. The monoisotopic (exact) mass is 397 g/mol. The average molecular weight is 398 g/mol. The van der Waals surface area contributed by atoms with Crippen molar-refractivity contribution in [2.45, 2.75) is 46.1 Å². The molecule has 0 radical (unpaired) electrons. The summed E-state index contributed by atoms with van der Waals surface area (Å²) >= 11 is 3.67. The summed E-state index contributed by atoms with van der Waals surface area (Å²) in [5.41, 5.74) is 1.23. The maximum absolute atomic E-state index is 4.83. The minimum Gasteiger partial charge on any atom is -0.357 e. The van der Waals surface area contributed by atoms with E-state index in [1.54, 1.807) is 11.3 Å². The van der Waals surface area contributed by atoms with Gasteiger partial charge in [0.25, 0.3) is 0 Å². The zero-order valence-electron chi connectivity index (χ0n) is 16.6. The molecule has 5 nitrogen and oxygen atoms in total. The van der Waals surface area contributed by atoms with Crippen molar-refractivity contribution < 1.29 is 0 Å². The molecule has 0 unspecified atom stereocenters. The fourth-order valence-electron chi connectivity index (χ4n) is 3.18. The van der Waals surface area contributed by atoms with Crippen LogP contribution in [0, 0.1) is 12.8 Å². The third-order valence-electron chi connectivity index (χ3n) is 4.68. The molecule has 1 saturated heterocycles. The van der Waals surface area contributed by atoms with Crippen molar-refractivity contribution in [2.75, 3.05) is 44.7 Å². The number of guanidine groups is 1. The molecule has 1 aromatic heterocycles. The van der Waals surface area contributed by atoms with Crippen LogP contribution in [0.4, 0.5) is 0 Å². The summed E-state index contributed by atoms with van der Waals surface area (Å²) in [4.78, 5) is 11.9. The molecule has 0 atom stereocenters. The highest BCUT2D eigenvalue weighted by molar-refractivity contribution is 7.98. The maximum Gasteiger partial charge on any atom is 0.191 e. The quantitative estimate of drug-likeness (QED) is 0.360. The van der Waals surface area contributed by atoms with Gasteiger partial charge in [-0.3, -0.25) is 9.89 Å². The van der Waals surface area contributed by atoms with Gasteiger partial charge < -0.3 is 10.6 Å². The lowest BCUT2D eigenvalue weighted by Gasteiger charge is -2.30. The first-order valence-electron chi connectivity index (χ1n) is 9.85. The van der Waals surface area contributed by atoms with E-state index in [0.29, 0.717) is 5.92 Å². The number of thiazole rings is 1. The van der Waals surface area contributed by atoms with Crippen molar-refractivity contribution >= 4 is 29.1 Å². The van der Waals surface area contributed by atoms with Crippen molar-refractivity contribution in [1.29, 1.82) is 0 Å². The SMILES string of the molecule is CCNC(=NCC1CCN(Cc2csc(C)n2)CC1)NCCCCSC. The van der Waals surface area contributed by atoms with Gasteiger partial charge in [-0.1, -0.05) is 0 Å². The second-order valence-corrected chi connectivity index (χ2v) is 8.97. The Hall–Kier alpha value is -0.790. The zero-order chi connectivity index (χ0) is 18.6. The van der Waals surface area contributed by atoms with E-state index in [1.165, 1.54) is 42.1 Å². The Morgan fingerprint density at radius 1 is 1.35 bits per heavy atom. The Labute approximate surface area is 167 Å². The Kier molecular flexibility index (Phi) is 10.4. The lowest BCUT2D eigenvalue weighted by Crippen LogP contribution is -2.39. The van der Waals surface area contributed by atoms with Crippen LogP contribution in [0.3, 0.4) is 0 Å². The van der Waals surface area contributed by atoms with Gasteiger partial charge in [0.1, 0.15) is 0 Å². The number of unbranched alkanes of at least 4 members (excludes halogenated alkanes) is 1. The van der Waals surface area contributed by atoms with Gasteiger partial charge in [-0.2, -0.15) is 11.8 Å². The molecule has 1 fully saturated rings. The van der Waals surface area contributed by atoms with Crippen LogP contribution >= 0.6 is 23.1 Å². The summed E-state index contributed by atoms with van der Waals surface area (Å²) in [6.45, 7) is 10.4. The highest BCUT2D eigenvalue weighted by atomic mass is 32.2. The predicted octanol–water partition coefficient (Wildman–Crippen LogP) is 3.36. The molecule has 26 heavy (non-hydrogen) atoms. The molecule has 1 aliphatic heterocycles. The van der Waals surface area contributed by atoms with Crippen molar-refractivity contribution in [1.82, 2.24) is 20.5 Å². The molecule has 2 rings (SSSR count). The summed E-state index contributed by atoms with van der Waals surface area (Å²) in [7, 11) is 0. The van der Waals surface area contributed by atoms with E-state index in [1.807, 2.05) is 11.8 Å². The van der Waals surface area contributed by atoms with Crippen LogP contribution in [-0.2, 0) is 6.54 Å². The highest BCUT2D eigenvalue weighted by Gasteiger charge is 2.19. The van der Waals surface area contributed by atoms with Crippen molar-refractivity contribution in [2.24, 2.45) is 10.9 Å². The van der Waals surface area contributed by atoms with Gasteiger partial charge in [0.05, 0.1) is 10.7 Å². The number of aliphatic imine (C=N–C) groups is 1. The molecular formula is C19H35N5S2. The van der Waals surface area contributed by atoms with E-state index in [-0.39, 0.29) is 0 Å². The van der Waals surface area contributed by atoms with E-state index in [9.17, 15) is 0 Å². The molecule has 2 heterocycles. The van der Waals surface area contributed by atoms with Crippen LogP contribution in [0.2, 0.25) is 0 Å². The number of aryl methyl sites for hydroxylation is 1. The van der Waals surface area contributed by atoms with Gasteiger partial charge in [0.15, 0.2) is 5.96 Å². The van der Waals surface area contributed by atoms with E-state index in [2.05, 4.69) is 46.0 Å². The van der Waals surface area contributed by atoms with Gasteiger partial charge in [-0.15, -0.1) is 11.3 Å². The Morgan fingerprint density at radius 3 is 2.81 bits per heavy atom. The smallest absolute Gasteiger partial charge is 0.191 e. The van der Waals surface area contributed by atoms with Crippen LogP contribution in [0.25, 0.3) is 0 Å². The fraction of sp³-hybridized carbons (Fsp3) is 0.789. The number of hydrogen-bond acceptors (Lipinski definition) is 5. The van der Waals surface area contributed by atoms with E-state index in [4.69, 9.17) is 4.99 Å². The molecule has 7 heteroatoms. The van der Waals surface area contributed by atoms with Crippen molar-refractivity contribution in [3.05, 3.63) is 16.1 Å². The summed E-state index contributed by atoms with van der Waals surface area (Å²) in [6.07, 6.45) is 7.12. The van der Waals surface area contributed by atoms with Gasteiger partial charge >= 0.3 is 0 Å². The van der Waals surface area contributed by atoms with Crippen molar-refractivity contribution in [3.63, 3.8) is 0 Å². The largest absolute Gasteiger partial charge is 0.357 e. The van der Waals surface area contributed by atoms with Crippen LogP contribution in [0.15, 0.2) is 10.4 Å².